The van der Waals surface area contributed by atoms with Crippen molar-refractivity contribution < 1.29 is 22.8 Å². The Morgan fingerprint density at radius 2 is 1.75 bits per heavy atom. The molecule has 0 aliphatic carbocycles. The molecule has 9 nitrogen and oxygen atoms in total. The molecule has 0 spiro atoms. The van der Waals surface area contributed by atoms with E-state index < -0.39 is 10.0 Å². The Balaban J connectivity index is 1.37. The van der Waals surface area contributed by atoms with Crippen LogP contribution in [-0.4, -0.2) is 52.5 Å². The molecule has 0 bridgehead atoms. The van der Waals surface area contributed by atoms with Crippen LogP contribution < -0.4 is 4.74 Å². The first-order valence-electron chi connectivity index (χ1n) is 13.3. The van der Waals surface area contributed by atoms with Gasteiger partial charge in [0.05, 0.1) is 35.2 Å². The molecule has 5 aromatic rings. The van der Waals surface area contributed by atoms with Crippen molar-refractivity contribution in [2.75, 3.05) is 19.7 Å². The summed E-state index contributed by atoms with van der Waals surface area (Å²) in [6.07, 6.45) is 1.06. The van der Waals surface area contributed by atoms with E-state index in [1.165, 1.54) is 6.07 Å². The average Bonchev–Trinajstić information content (AvgIpc) is 3.67. The Morgan fingerprint density at radius 3 is 2.48 bits per heavy atom. The second kappa shape index (κ2) is 10.8. The van der Waals surface area contributed by atoms with Crippen molar-refractivity contribution in [1.82, 2.24) is 19.2 Å². The number of ether oxygens (including phenoxy) is 1. The molecule has 1 aliphatic heterocycles. The van der Waals surface area contributed by atoms with Gasteiger partial charge in [-0.3, -0.25) is 4.68 Å². The van der Waals surface area contributed by atoms with Crippen LogP contribution in [0, 0.1) is 5.92 Å². The number of rotatable bonds is 9. The van der Waals surface area contributed by atoms with E-state index in [4.69, 9.17) is 14.4 Å². The fourth-order valence-electron chi connectivity index (χ4n) is 5.52. The minimum Gasteiger partial charge on any atom is -0.494 e. The Morgan fingerprint density at radius 1 is 1.00 bits per heavy atom. The van der Waals surface area contributed by atoms with E-state index in [9.17, 15) is 13.5 Å². The van der Waals surface area contributed by atoms with E-state index >= 15 is 0 Å². The van der Waals surface area contributed by atoms with Crippen molar-refractivity contribution in [2.24, 2.45) is 5.92 Å². The highest BCUT2D eigenvalue weighted by molar-refractivity contribution is 7.89. The molecule has 1 N–H and O–H groups in total. The van der Waals surface area contributed by atoms with Gasteiger partial charge in [-0.1, -0.05) is 48.5 Å². The number of aromatic nitrogens is 3. The molecule has 2 aromatic heterocycles. The van der Waals surface area contributed by atoms with E-state index in [0.717, 1.165) is 22.2 Å². The summed E-state index contributed by atoms with van der Waals surface area (Å²) in [5, 5.41) is 19.2. The third kappa shape index (κ3) is 5.07. The highest BCUT2D eigenvalue weighted by atomic mass is 32.2. The Hall–Kier alpha value is -4.15. The van der Waals surface area contributed by atoms with Gasteiger partial charge in [-0.25, -0.2) is 8.42 Å². The molecule has 2 atom stereocenters. The first kappa shape index (κ1) is 26.1. The summed E-state index contributed by atoms with van der Waals surface area (Å²) in [5.41, 5.74) is 2.84. The van der Waals surface area contributed by atoms with Gasteiger partial charge >= 0.3 is 0 Å². The Labute approximate surface area is 232 Å². The number of fused-ring (bicyclic) bond motifs is 1. The minimum absolute atomic E-state index is 0.00893. The third-order valence-electron chi connectivity index (χ3n) is 7.38. The van der Waals surface area contributed by atoms with E-state index in [-0.39, 0.29) is 22.7 Å². The zero-order chi connectivity index (χ0) is 27.7. The van der Waals surface area contributed by atoms with Crippen LogP contribution >= 0.6 is 0 Å². The van der Waals surface area contributed by atoms with Crippen LogP contribution in [0.5, 0.6) is 11.6 Å². The Kier molecular flexibility index (Phi) is 7.03. The summed E-state index contributed by atoms with van der Waals surface area (Å²) in [6, 6.07) is 25.9. The topological polar surface area (TPSA) is 111 Å². The largest absolute Gasteiger partial charge is 0.494 e. The van der Waals surface area contributed by atoms with Gasteiger partial charge in [0.15, 0.2) is 0 Å². The lowest BCUT2D eigenvalue weighted by atomic mass is 9.95. The molecule has 6 rings (SSSR count). The predicted octanol–water partition coefficient (Wildman–Crippen LogP) is 4.82. The van der Waals surface area contributed by atoms with Crippen molar-refractivity contribution in [3.63, 3.8) is 0 Å². The number of hydrogen-bond acceptors (Lipinski definition) is 7. The molecule has 0 unspecified atom stereocenters. The molecular weight excluding hydrogens is 528 g/mol. The van der Waals surface area contributed by atoms with Crippen molar-refractivity contribution in [1.29, 1.82) is 0 Å². The molecule has 40 heavy (non-hydrogen) atoms. The van der Waals surface area contributed by atoms with Gasteiger partial charge in [-0.15, -0.1) is 0 Å². The maximum absolute atomic E-state index is 13.8. The molecule has 206 valence electrons. The lowest BCUT2D eigenvalue weighted by Gasteiger charge is -2.20. The van der Waals surface area contributed by atoms with Gasteiger partial charge in [0.1, 0.15) is 11.5 Å². The number of hydrogen-bond donors (Lipinski definition) is 1. The van der Waals surface area contributed by atoms with Crippen LogP contribution in [0.2, 0.25) is 0 Å². The molecule has 3 aromatic carbocycles. The Bertz CT molecular complexity index is 1710. The molecule has 1 fully saturated rings. The summed E-state index contributed by atoms with van der Waals surface area (Å²) >= 11 is 0. The normalized spacial score (nSPS) is 17.9. The van der Waals surface area contributed by atoms with E-state index in [1.807, 2.05) is 54.1 Å². The molecule has 1 aliphatic rings. The van der Waals surface area contributed by atoms with Crippen LogP contribution in [0.15, 0.2) is 94.3 Å². The van der Waals surface area contributed by atoms with Crippen LogP contribution in [0.4, 0.5) is 0 Å². The third-order valence-corrected chi connectivity index (χ3v) is 9.22. The van der Waals surface area contributed by atoms with Crippen LogP contribution in [0.25, 0.3) is 10.9 Å². The molecular formula is C30H30N4O5S. The van der Waals surface area contributed by atoms with E-state index in [2.05, 4.69) is 17.3 Å². The van der Waals surface area contributed by atoms with Gasteiger partial charge < -0.3 is 14.4 Å². The standard InChI is InChI=1S/C30H30N4O5S/c1-2-38-23-12-14-25(15-13-23)40(36,37)33-19-22(16-21-8-4-3-5-9-21)29(20-33)34-28-11-7-6-10-26(28)27(31-34)17-24-18-30(35)32-39-24/h3-15,18,22,29H,2,16-17,19-20H2,1H3,(H,32,35)/t22-,29+/m1/s1. The number of aromatic hydroxyl groups is 1. The number of para-hydroxylation sites is 1. The number of benzene rings is 3. The van der Waals surface area contributed by atoms with Crippen LogP contribution in [-0.2, 0) is 22.9 Å². The zero-order valence-electron chi connectivity index (χ0n) is 22.1. The van der Waals surface area contributed by atoms with Gasteiger partial charge in [-0.2, -0.15) is 9.40 Å². The first-order valence-corrected chi connectivity index (χ1v) is 14.7. The number of nitrogens with zero attached hydrogens (tertiary/aromatic N) is 4. The lowest BCUT2D eigenvalue weighted by molar-refractivity contribution is 0.340. The van der Waals surface area contributed by atoms with Crippen molar-refractivity contribution in [3.8, 4) is 11.6 Å². The summed E-state index contributed by atoms with van der Waals surface area (Å²) in [6.45, 7) is 3.07. The quantitative estimate of drug-likeness (QED) is 0.276. The molecule has 0 radical (unpaired) electrons. The summed E-state index contributed by atoms with van der Waals surface area (Å²) in [4.78, 5) is 0.242. The van der Waals surface area contributed by atoms with Crippen molar-refractivity contribution in [2.45, 2.75) is 30.7 Å². The van der Waals surface area contributed by atoms with E-state index in [0.29, 0.717) is 44.0 Å². The van der Waals surface area contributed by atoms with Gasteiger partial charge in [0.2, 0.25) is 10.0 Å². The first-order chi connectivity index (χ1) is 19.4. The molecule has 1 saturated heterocycles. The molecule has 10 heteroatoms. The summed E-state index contributed by atoms with van der Waals surface area (Å²) in [7, 11) is -3.74. The van der Waals surface area contributed by atoms with Crippen molar-refractivity contribution >= 4 is 20.9 Å². The average molecular weight is 559 g/mol. The number of sulfonamides is 1. The fraction of sp³-hybridized carbons (Fsp3) is 0.267. The monoisotopic (exact) mass is 558 g/mol. The highest BCUT2D eigenvalue weighted by Gasteiger charge is 2.41. The summed E-state index contributed by atoms with van der Waals surface area (Å²) < 4.78 is 41.9. The van der Waals surface area contributed by atoms with Gasteiger partial charge in [0.25, 0.3) is 5.88 Å². The maximum Gasteiger partial charge on any atom is 0.251 e. The molecule has 0 saturated carbocycles. The van der Waals surface area contributed by atoms with Gasteiger partial charge in [0, 0.05) is 30.5 Å². The predicted molar refractivity (Wildman–Crippen MR) is 150 cm³/mol. The smallest absolute Gasteiger partial charge is 0.251 e. The fourth-order valence-corrected chi connectivity index (χ4v) is 7.03. The van der Waals surface area contributed by atoms with Crippen LogP contribution in [0.1, 0.15) is 30.0 Å². The summed E-state index contributed by atoms with van der Waals surface area (Å²) in [5.74, 6) is 0.955. The second-order valence-corrected chi connectivity index (χ2v) is 11.9. The minimum atomic E-state index is -3.74. The highest BCUT2D eigenvalue weighted by Crippen LogP contribution is 2.37. The molecule has 3 heterocycles. The lowest BCUT2D eigenvalue weighted by Crippen LogP contribution is -2.29. The van der Waals surface area contributed by atoms with Crippen LogP contribution in [0.3, 0.4) is 0 Å². The molecule has 0 amide bonds. The van der Waals surface area contributed by atoms with Crippen molar-refractivity contribution in [3.05, 3.63) is 102 Å². The van der Waals surface area contributed by atoms with E-state index in [1.54, 1.807) is 28.6 Å². The second-order valence-electron chi connectivity index (χ2n) is 9.98. The maximum atomic E-state index is 13.8. The zero-order valence-corrected chi connectivity index (χ0v) is 22.9. The SMILES string of the molecule is CCOc1ccc(S(=O)(=O)N2C[C@@H](Cc3ccccc3)[C@@H](n3nc(Cc4cc(O)no4)c4ccccc43)C2)cc1. The van der Waals surface area contributed by atoms with Gasteiger partial charge in [-0.05, 0) is 54.4 Å².